The number of nitrogen functional groups attached to an aromatic ring is 1. The maximum Gasteiger partial charge on any atom is 0.239 e. The van der Waals surface area contributed by atoms with Crippen LogP contribution < -0.4 is 16.6 Å². The van der Waals surface area contributed by atoms with Gasteiger partial charge in [-0.05, 0) is 26.2 Å². The summed E-state index contributed by atoms with van der Waals surface area (Å²) in [5, 5.41) is 13.3. The third kappa shape index (κ3) is 4.85. The van der Waals surface area contributed by atoms with Crippen LogP contribution in [0, 0.1) is 12.8 Å². The number of aromatic nitrogens is 2. The van der Waals surface area contributed by atoms with Gasteiger partial charge in [-0.25, -0.2) is 10.8 Å². The van der Waals surface area contributed by atoms with Gasteiger partial charge in [-0.15, -0.1) is 0 Å². The van der Waals surface area contributed by atoms with Crippen molar-refractivity contribution in [2.75, 3.05) is 17.3 Å². The second kappa shape index (κ2) is 5.97. The fourth-order valence-electron chi connectivity index (χ4n) is 1.96. The molecule has 1 aromatic rings. The zero-order chi connectivity index (χ0) is 13.8. The molecule has 0 aromatic carbocycles. The molecule has 0 amide bonds. The van der Waals surface area contributed by atoms with E-state index >= 15 is 0 Å². The van der Waals surface area contributed by atoms with Gasteiger partial charge in [0.25, 0.3) is 0 Å². The van der Waals surface area contributed by atoms with Crippen molar-refractivity contribution in [3.8, 4) is 0 Å². The number of nitrogens with zero attached hydrogens (tertiary/aromatic N) is 2. The first-order chi connectivity index (χ1) is 8.32. The van der Waals surface area contributed by atoms with Crippen LogP contribution in [0.3, 0.4) is 0 Å². The molecule has 0 aliphatic heterocycles. The molecule has 0 saturated carbocycles. The lowest BCUT2D eigenvalue weighted by molar-refractivity contribution is 0.0515. The first kappa shape index (κ1) is 14.7. The molecule has 1 heterocycles. The molecular formula is C12H23N5O. The zero-order valence-electron chi connectivity index (χ0n) is 11.5. The number of nitrogens with two attached hydrogens (primary N) is 1. The summed E-state index contributed by atoms with van der Waals surface area (Å²) in [5.74, 6) is 6.74. The number of hydrogen-bond donors (Lipinski definition) is 4. The Morgan fingerprint density at radius 1 is 1.44 bits per heavy atom. The highest BCUT2D eigenvalue weighted by atomic mass is 16.3. The molecule has 6 heteroatoms. The van der Waals surface area contributed by atoms with Crippen molar-refractivity contribution in [1.29, 1.82) is 0 Å². The summed E-state index contributed by atoms with van der Waals surface area (Å²) in [6.07, 6.45) is 0.728. The number of aliphatic hydroxyl groups is 1. The Hall–Kier alpha value is -1.40. The molecule has 1 rings (SSSR count). The molecule has 0 bridgehead atoms. The Bertz CT molecular complexity index is 392. The summed E-state index contributed by atoms with van der Waals surface area (Å²) in [7, 11) is 0. The van der Waals surface area contributed by atoms with E-state index in [2.05, 4.69) is 34.6 Å². The van der Waals surface area contributed by atoms with E-state index in [4.69, 9.17) is 5.84 Å². The monoisotopic (exact) mass is 253 g/mol. The SMILES string of the molecule is Cc1cc(NCC(C)(O)CC(C)C)nc(NN)n1. The summed E-state index contributed by atoms with van der Waals surface area (Å²) < 4.78 is 0. The predicted molar refractivity (Wildman–Crippen MR) is 73.1 cm³/mol. The molecule has 1 unspecified atom stereocenters. The molecule has 0 fully saturated rings. The number of anilines is 2. The first-order valence-electron chi connectivity index (χ1n) is 6.11. The Labute approximate surface area is 108 Å². The second-order valence-corrected chi connectivity index (χ2v) is 5.31. The molecule has 0 aliphatic rings. The van der Waals surface area contributed by atoms with E-state index in [1.165, 1.54) is 0 Å². The highest BCUT2D eigenvalue weighted by molar-refractivity contribution is 5.41. The van der Waals surface area contributed by atoms with Crippen molar-refractivity contribution >= 4 is 11.8 Å². The maximum absolute atomic E-state index is 10.2. The van der Waals surface area contributed by atoms with Crippen molar-refractivity contribution in [3.63, 3.8) is 0 Å². The van der Waals surface area contributed by atoms with Crippen LogP contribution in [-0.4, -0.2) is 27.2 Å². The van der Waals surface area contributed by atoms with Crippen LogP contribution in [0.25, 0.3) is 0 Å². The fourth-order valence-corrected chi connectivity index (χ4v) is 1.96. The largest absolute Gasteiger partial charge is 0.388 e. The number of hydrazine groups is 1. The van der Waals surface area contributed by atoms with Crippen molar-refractivity contribution in [2.24, 2.45) is 11.8 Å². The molecule has 0 spiro atoms. The molecule has 1 atom stereocenters. The van der Waals surface area contributed by atoms with Gasteiger partial charge in [-0.1, -0.05) is 13.8 Å². The lowest BCUT2D eigenvalue weighted by atomic mass is 9.94. The average molecular weight is 253 g/mol. The zero-order valence-corrected chi connectivity index (χ0v) is 11.5. The number of hydrogen-bond acceptors (Lipinski definition) is 6. The van der Waals surface area contributed by atoms with Gasteiger partial charge in [-0.3, -0.25) is 5.43 Å². The Balaban J connectivity index is 2.65. The van der Waals surface area contributed by atoms with Gasteiger partial charge in [-0.2, -0.15) is 4.98 Å². The predicted octanol–water partition coefficient (Wildman–Crippen LogP) is 1.28. The van der Waals surface area contributed by atoms with Gasteiger partial charge >= 0.3 is 0 Å². The number of rotatable bonds is 6. The lowest BCUT2D eigenvalue weighted by Crippen LogP contribution is -2.35. The maximum atomic E-state index is 10.2. The van der Waals surface area contributed by atoms with E-state index in [0.29, 0.717) is 24.2 Å². The van der Waals surface area contributed by atoms with Gasteiger partial charge in [0.05, 0.1) is 5.60 Å². The van der Waals surface area contributed by atoms with Crippen LogP contribution in [0.5, 0.6) is 0 Å². The van der Waals surface area contributed by atoms with Crippen molar-refractivity contribution in [3.05, 3.63) is 11.8 Å². The van der Waals surface area contributed by atoms with Gasteiger partial charge in [0, 0.05) is 18.3 Å². The van der Waals surface area contributed by atoms with Crippen LogP contribution >= 0.6 is 0 Å². The minimum Gasteiger partial charge on any atom is -0.388 e. The molecule has 102 valence electrons. The number of aryl methyl sites for hydroxylation is 1. The van der Waals surface area contributed by atoms with E-state index in [9.17, 15) is 5.11 Å². The third-order valence-electron chi connectivity index (χ3n) is 2.48. The average Bonchev–Trinajstić information content (AvgIpc) is 2.24. The quantitative estimate of drug-likeness (QED) is 0.450. The summed E-state index contributed by atoms with van der Waals surface area (Å²) >= 11 is 0. The molecule has 6 nitrogen and oxygen atoms in total. The molecule has 0 aliphatic carbocycles. The Morgan fingerprint density at radius 3 is 2.67 bits per heavy atom. The van der Waals surface area contributed by atoms with E-state index in [0.717, 1.165) is 12.1 Å². The lowest BCUT2D eigenvalue weighted by Gasteiger charge is -2.25. The van der Waals surface area contributed by atoms with Crippen molar-refractivity contribution in [2.45, 2.75) is 39.7 Å². The molecule has 18 heavy (non-hydrogen) atoms. The van der Waals surface area contributed by atoms with E-state index in [1.54, 1.807) is 0 Å². The normalized spacial score (nSPS) is 14.4. The second-order valence-electron chi connectivity index (χ2n) is 5.31. The fraction of sp³-hybridized carbons (Fsp3) is 0.667. The van der Waals surface area contributed by atoms with Crippen molar-refractivity contribution in [1.82, 2.24) is 9.97 Å². The molecule has 0 saturated heterocycles. The minimum absolute atomic E-state index is 0.362. The van der Waals surface area contributed by atoms with Gasteiger partial charge in [0.15, 0.2) is 0 Å². The Morgan fingerprint density at radius 2 is 2.11 bits per heavy atom. The standard InChI is InChI=1S/C12H23N5O/c1-8(2)6-12(4,18)7-14-10-5-9(3)15-11(16-10)17-13/h5,8,18H,6-7,13H2,1-4H3,(H2,14,15,16,17). The van der Waals surface area contributed by atoms with Crippen LogP contribution in [0.15, 0.2) is 6.07 Å². The smallest absolute Gasteiger partial charge is 0.239 e. The van der Waals surface area contributed by atoms with Crippen LogP contribution in [-0.2, 0) is 0 Å². The molecule has 1 aromatic heterocycles. The summed E-state index contributed by atoms with van der Waals surface area (Å²) in [5.41, 5.74) is 2.46. The molecule has 0 radical (unpaired) electrons. The summed E-state index contributed by atoms with van der Waals surface area (Å²) in [6, 6.07) is 1.81. The van der Waals surface area contributed by atoms with Gasteiger partial charge in [0.1, 0.15) is 5.82 Å². The van der Waals surface area contributed by atoms with Crippen molar-refractivity contribution < 1.29 is 5.11 Å². The molecule has 5 N–H and O–H groups in total. The highest BCUT2D eigenvalue weighted by Gasteiger charge is 2.21. The van der Waals surface area contributed by atoms with Gasteiger partial charge < -0.3 is 10.4 Å². The van der Waals surface area contributed by atoms with Crippen LogP contribution in [0.4, 0.5) is 11.8 Å². The highest BCUT2D eigenvalue weighted by Crippen LogP contribution is 2.17. The third-order valence-corrected chi connectivity index (χ3v) is 2.48. The van der Waals surface area contributed by atoms with E-state index < -0.39 is 5.60 Å². The van der Waals surface area contributed by atoms with Crippen LogP contribution in [0.2, 0.25) is 0 Å². The van der Waals surface area contributed by atoms with Gasteiger partial charge in [0.2, 0.25) is 5.95 Å². The molecular weight excluding hydrogens is 230 g/mol. The minimum atomic E-state index is -0.761. The van der Waals surface area contributed by atoms with Crippen LogP contribution in [0.1, 0.15) is 32.9 Å². The topological polar surface area (TPSA) is 96.1 Å². The first-order valence-corrected chi connectivity index (χ1v) is 6.11. The van der Waals surface area contributed by atoms with E-state index in [1.807, 2.05) is 19.9 Å². The summed E-state index contributed by atoms with van der Waals surface area (Å²) in [4.78, 5) is 8.26. The Kier molecular flexibility index (Phi) is 4.86. The number of nitrogens with one attached hydrogen (secondary N) is 2. The van der Waals surface area contributed by atoms with E-state index in [-0.39, 0.29) is 0 Å². The summed E-state index contributed by atoms with van der Waals surface area (Å²) in [6.45, 7) is 8.28.